The summed E-state index contributed by atoms with van der Waals surface area (Å²) in [4.78, 5) is 12.7. The van der Waals surface area contributed by atoms with Crippen molar-refractivity contribution in [1.82, 2.24) is 4.90 Å². The molecule has 1 atom stereocenters. The van der Waals surface area contributed by atoms with Crippen molar-refractivity contribution >= 4 is 5.97 Å². The van der Waals surface area contributed by atoms with E-state index >= 15 is 0 Å². The lowest BCUT2D eigenvalue weighted by molar-refractivity contribution is -0.145. The van der Waals surface area contributed by atoms with Gasteiger partial charge < -0.3 is 20.2 Å². The summed E-state index contributed by atoms with van der Waals surface area (Å²) >= 11 is 0. The van der Waals surface area contributed by atoms with Crippen molar-refractivity contribution in [1.29, 1.82) is 0 Å². The summed E-state index contributed by atoms with van der Waals surface area (Å²) in [6.07, 6.45) is 1.70. The molecule has 1 aliphatic rings. The molecule has 1 aliphatic carbocycles. The first-order valence-electron chi connectivity index (χ1n) is 6.14. The molecule has 0 amide bonds. The van der Waals surface area contributed by atoms with Crippen molar-refractivity contribution in [2.24, 2.45) is 5.92 Å². The number of nitrogens with zero attached hydrogens (tertiary/aromatic N) is 1. The quantitative estimate of drug-likeness (QED) is 0.649. The van der Waals surface area contributed by atoms with Crippen molar-refractivity contribution in [2.45, 2.75) is 44.3 Å². The molecule has 1 rings (SSSR count). The van der Waals surface area contributed by atoms with E-state index in [9.17, 15) is 15.0 Å². The Hall–Kier alpha value is -0.650. The summed E-state index contributed by atoms with van der Waals surface area (Å²) in [7, 11) is 1.86. The van der Waals surface area contributed by atoms with Crippen LogP contribution in [0.2, 0.25) is 0 Å². The normalized spacial score (nSPS) is 31.5. The van der Waals surface area contributed by atoms with Crippen LogP contribution >= 0.6 is 0 Å². The van der Waals surface area contributed by atoms with Crippen LogP contribution in [0.4, 0.5) is 0 Å². The maximum absolute atomic E-state index is 10.8. The lowest BCUT2D eigenvalue weighted by atomic mass is 9.78. The minimum absolute atomic E-state index is 0.308. The van der Waals surface area contributed by atoms with Gasteiger partial charge in [0, 0.05) is 13.1 Å². The van der Waals surface area contributed by atoms with Crippen molar-refractivity contribution in [3.05, 3.63) is 0 Å². The second kappa shape index (κ2) is 5.80. The van der Waals surface area contributed by atoms with Gasteiger partial charge in [-0.25, -0.2) is 0 Å². The number of rotatable bonds is 5. The fraction of sp³-hybridized carbons (Fsp3) is 0.917. The molecule has 0 saturated heterocycles. The van der Waals surface area contributed by atoms with Crippen LogP contribution in [0.1, 0.15) is 32.6 Å². The number of likely N-dealkylation sites (N-methyl/N-ethyl adjacent to an activating group) is 1. The predicted octanol–water partition coefficient (Wildman–Crippen LogP) is 0.305. The van der Waals surface area contributed by atoms with E-state index in [0.29, 0.717) is 38.8 Å². The average molecular weight is 245 g/mol. The van der Waals surface area contributed by atoms with Crippen molar-refractivity contribution in [2.75, 3.05) is 20.1 Å². The zero-order chi connectivity index (χ0) is 13.1. The molecule has 1 fully saturated rings. The van der Waals surface area contributed by atoms with Gasteiger partial charge in [-0.3, -0.25) is 4.79 Å². The van der Waals surface area contributed by atoms with Gasteiger partial charge in [-0.05, 0) is 39.7 Å². The topological polar surface area (TPSA) is 81.0 Å². The van der Waals surface area contributed by atoms with Gasteiger partial charge >= 0.3 is 5.97 Å². The Morgan fingerprint density at radius 2 is 2.00 bits per heavy atom. The van der Waals surface area contributed by atoms with E-state index in [0.717, 1.165) is 0 Å². The van der Waals surface area contributed by atoms with Crippen LogP contribution in [0.15, 0.2) is 0 Å². The highest BCUT2D eigenvalue weighted by Gasteiger charge is 2.36. The number of carboxylic acid groups (broad SMARTS) is 1. The summed E-state index contributed by atoms with van der Waals surface area (Å²) in [6.45, 7) is 2.72. The van der Waals surface area contributed by atoms with Crippen LogP contribution in [0, 0.1) is 5.92 Å². The molecule has 17 heavy (non-hydrogen) atoms. The van der Waals surface area contributed by atoms with Gasteiger partial charge in [0.25, 0.3) is 0 Å². The van der Waals surface area contributed by atoms with E-state index < -0.39 is 17.7 Å². The van der Waals surface area contributed by atoms with Crippen molar-refractivity contribution < 1.29 is 20.1 Å². The third-order valence-corrected chi connectivity index (χ3v) is 3.41. The molecule has 5 heteroatoms. The Labute approximate surface area is 102 Å². The van der Waals surface area contributed by atoms with E-state index in [1.165, 1.54) is 0 Å². The van der Waals surface area contributed by atoms with Gasteiger partial charge in [-0.1, -0.05) is 0 Å². The molecule has 1 unspecified atom stereocenters. The standard InChI is InChI=1S/C12H23NO4/c1-9(14)7-13(2)8-12(17)5-3-10(4-6-12)11(15)16/h9-10,14,17H,3-8H2,1-2H3,(H,15,16). The molecule has 0 spiro atoms. The van der Waals surface area contributed by atoms with E-state index in [-0.39, 0.29) is 5.92 Å². The number of carboxylic acids is 1. The first kappa shape index (κ1) is 14.4. The monoisotopic (exact) mass is 245 g/mol. The second-order valence-corrected chi connectivity index (χ2v) is 5.38. The highest BCUT2D eigenvalue weighted by molar-refractivity contribution is 5.70. The third kappa shape index (κ3) is 4.61. The van der Waals surface area contributed by atoms with Gasteiger partial charge in [0.05, 0.1) is 17.6 Å². The number of carbonyl (C=O) groups is 1. The Bertz CT molecular complexity index is 259. The SMILES string of the molecule is CC(O)CN(C)CC1(O)CCC(C(=O)O)CC1. The van der Waals surface area contributed by atoms with Crippen LogP contribution in [0.25, 0.3) is 0 Å². The summed E-state index contributed by atoms with van der Waals surface area (Å²) in [5.41, 5.74) is -0.796. The van der Waals surface area contributed by atoms with E-state index in [1.807, 2.05) is 11.9 Å². The lowest BCUT2D eigenvalue weighted by Crippen LogP contribution is -2.46. The molecule has 0 heterocycles. The Morgan fingerprint density at radius 3 is 2.41 bits per heavy atom. The summed E-state index contributed by atoms with van der Waals surface area (Å²) in [6, 6.07) is 0. The van der Waals surface area contributed by atoms with E-state index in [4.69, 9.17) is 5.11 Å². The Balaban J connectivity index is 2.41. The number of aliphatic hydroxyl groups excluding tert-OH is 1. The number of hydrogen-bond acceptors (Lipinski definition) is 4. The molecule has 5 nitrogen and oxygen atoms in total. The van der Waals surface area contributed by atoms with Crippen LogP contribution in [0.3, 0.4) is 0 Å². The fourth-order valence-corrected chi connectivity index (χ4v) is 2.58. The van der Waals surface area contributed by atoms with Gasteiger partial charge in [0.15, 0.2) is 0 Å². The molecular weight excluding hydrogens is 222 g/mol. The molecule has 1 saturated carbocycles. The fourth-order valence-electron chi connectivity index (χ4n) is 2.58. The lowest BCUT2D eigenvalue weighted by Gasteiger charge is -2.37. The van der Waals surface area contributed by atoms with Crippen LogP contribution in [0.5, 0.6) is 0 Å². The minimum atomic E-state index is -0.796. The maximum atomic E-state index is 10.8. The molecule has 0 aromatic heterocycles. The first-order chi connectivity index (χ1) is 7.82. The highest BCUT2D eigenvalue weighted by atomic mass is 16.4. The smallest absolute Gasteiger partial charge is 0.306 e. The predicted molar refractivity (Wildman–Crippen MR) is 63.7 cm³/mol. The first-order valence-corrected chi connectivity index (χ1v) is 6.14. The van der Waals surface area contributed by atoms with Crippen molar-refractivity contribution in [3.63, 3.8) is 0 Å². The van der Waals surface area contributed by atoms with Crippen LogP contribution < -0.4 is 0 Å². The zero-order valence-corrected chi connectivity index (χ0v) is 10.6. The molecular formula is C12H23NO4. The summed E-state index contributed by atoms with van der Waals surface area (Å²) in [5, 5.41) is 28.5. The van der Waals surface area contributed by atoms with Crippen LogP contribution in [-0.4, -0.2) is 58.0 Å². The Kier molecular flexibility index (Phi) is 4.91. The molecule has 0 radical (unpaired) electrons. The molecule has 0 aliphatic heterocycles. The Morgan fingerprint density at radius 1 is 1.47 bits per heavy atom. The molecule has 3 N–H and O–H groups in total. The number of aliphatic hydroxyl groups is 2. The minimum Gasteiger partial charge on any atom is -0.481 e. The van der Waals surface area contributed by atoms with Crippen molar-refractivity contribution in [3.8, 4) is 0 Å². The molecule has 0 aromatic rings. The van der Waals surface area contributed by atoms with E-state index in [1.54, 1.807) is 6.92 Å². The van der Waals surface area contributed by atoms with Crippen LogP contribution in [-0.2, 0) is 4.79 Å². The largest absolute Gasteiger partial charge is 0.481 e. The second-order valence-electron chi connectivity index (χ2n) is 5.38. The van der Waals surface area contributed by atoms with E-state index in [2.05, 4.69) is 0 Å². The maximum Gasteiger partial charge on any atom is 0.306 e. The summed E-state index contributed by atoms with van der Waals surface area (Å²) < 4.78 is 0. The molecule has 100 valence electrons. The van der Waals surface area contributed by atoms with Gasteiger partial charge in [-0.2, -0.15) is 0 Å². The number of aliphatic carboxylic acids is 1. The van der Waals surface area contributed by atoms with Gasteiger partial charge in [0.1, 0.15) is 0 Å². The summed E-state index contributed by atoms with van der Waals surface area (Å²) in [5.74, 6) is -1.07. The van der Waals surface area contributed by atoms with Gasteiger partial charge in [-0.15, -0.1) is 0 Å². The number of hydrogen-bond donors (Lipinski definition) is 3. The zero-order valence-electron chi connectivity index (χ0n) is 10.6. The average Bonchev–Trinajstić information content (AvgIpc) is 2.15. The molecule has 0 aromatic carbocycles. The highest BCUT2D eigenvalue weighted by Crippen LogP contribution is 2.32. The third-order valence-electron chi connectivity index (χ3n) is 3.41. The molecule has 0 bridgehead atoms. The van der Waals surface area contributed by atoms with Gasteiger partial charge in [0.2, 0.25) is 0 Å².